The Morgan fingerprint density at radius 2 is 2.00 bits per heavy atom. The zero-order valence-corrected chi connectivity index (χ0v) is 10.9. The number of hydrogen-bond acceptors (Lipinski definition) is 5. The number of halogens is 3. The number of carboxylic acids is 1. The lowest BCUT2D eigenvalue weighted by molar-refractivity contribution is -0.136. The molecule has 0 aromatic carbocycles. The number of alkyl halides is 3. The third-order valence-electron chi connectivity index (χ3n) is 2.20. The van der Waals surface area contributed by atoms with Crippen LogP contribution >= 0.6 is 0 Å². The topological polar surface area (TPSA) is 112 Å². The van der Waals surface area contributed by atoms with Gasteiger partial charge in [0.25, 0.3) is 0 Å². The first-order valence-corrected chi connectivity index (χ1v) is 6.33. The van der Waals surface area contributed by atoms with Crippen LogP contribution in [0.25, 0.3) is 0 Å². The van der Waals surface area contributed by atoms with Crippen LogP contribution in [0.15, 0.2) is 4.90 Å². The molecule has 112 valence electrons. The highest BCUT2D eigenvalue weighted by Crippen LogP contribution is 2.32. The number of carbonyl (C=O) groups is 2. The molecule has 1 atom stereocenters. The van der Waals surface area contributed by atoms with Gasteiger partial charge in [-0.05, 0) is 0 Å². The molecular formula is C9H10F3N3O4S. The molecule has 0 aliphatic carbocycles. The first kappa shape index (κ1) is 16.1. The maximum atomic E-state index is 12.5. The summed E-state index contributed by atoms with van der Waals surface area (Å²) < 4.78 is 48.9. The Morgan fingerprint density at radius 3 is 2.45 bits per heavy atom. The normalized spacial score (nSPS) is 13.0. The third-order valence-corrected chi connectivity index (χ3v) is 3.39. The number of nitrogens with zero attached hydrogens (tertiary/aromatic N) is 1. The SMILES string of the molecule is CNc1n[nH]c(C(=O)CCC(=O)O)c1S(=O)C(F)(F)F. The minimum Gasteiger partial charge on any atom is -0.481 e. The molecule has 7 nitrogen and oxygen atoms in total. The van der Waals surface area contributed by atoms with Crippen LogP contribution in [0.5, 0.6) is 0 Å². The average Bonchev–Trinajstić information content (AvgIpc) is 2.77. The van der Waals surface area contributed by atoms with E-state index in [1.807, 2.05) is 0 Å². The smallest absolute Gasteiger partial charge is 0.476 e. The number of Topliss-reactive ketones (excluding diaryl/α,β-unsaturated/α-hetero) is 1. The van der Waals surface area contributed by atoms with Crippen molar-refractivity contribution in [2.24, 2.45) is 0 Å². The first-order valence-electron chi connectivity index (χ1n) is 5.18. The second kappa shape index (κ2) is 6.03. The second-order valence-electron chi connectivity index (χ2n) is 3.56. The van der Waals surface area contributed by atoms with Crippen molar-refractivity contribution in [3.63, 3.8) is 0 Å². The highest BCUT2D eigenvalue weighted by Gasteiger charge is 2.42. The number of aromatic amines is 1. The fourth-order valence-electron chi connectivity index (χ4n) is 1.33. The molecule has 1 heterocycles. The van der Waals surface area contributed by atoms with Crippen molar-refractivity contribution in [2.45, 2.75) is 23.2 Å². The average molecular weight is 313 g/mol. The lowest BCUT2D eigenvalue weighted by Crippen LogP contribution is -2.19. The van der Waals surface area contributed by atoms with E-state index in [1.54, 1.807) is 0 Å². The van der Waals surface area contributed by atoms with Gasteiger partial charge in [0.15, 0.2) is 22.4 Å². The molecule has 0 saturated carbocycles. The minimum atomic E-state index is -5.06. The van der Waals surface area contributed by atoms with Crippen LogP contribution in [0, 0.1) is 0 Å². The summed E-state index contributed by atoms with van der Waals surface area (Å²) in [5, 5.41) is 16.2. The van der Waals surface area contributed by atoms with Crippen molar-refractivity contribution in [1.29, 1.82) is 0 Å². The molecular weight excluding hydrogens is 303 g/mol. The largest absolute Gasteiger partial charge is 0.481 e. The number of anilines is 1. The number of carbonyl (C=O) groups excluding carboxylic acids is 1. The van der Waals surface area contributed by atoms with Crippen LogP contribution in [-0.2, 0) is 15.6 Å². The standard InChI is InChI=1S/C9H10F3N3O4S/c1-13-8-7(20(19)9(10,11)12)6(14-15-8)4(16)2-3-5(17)18/h2-3H2,1H3,(H,17,18)(H2,13,14,15). The van der Waals surface area contributed by atoms with Crippen molar-refractivity contribution in [3.8, 4) is 0 Å². The molecule has 20 heavy (non-hydrogen) atoms. The van der Waals surface area contributed by atoms with E-state index in [-0.39, 0.29) is 5.82 Å². The van der Waals surface area contributed by atoms with Crippen LogP contribution in [0.2, 0.25) is 0 Å². The number of ketones is 1. The van der Waals surface area contributed by atoms with Gasteiger partial charge in [-0.25, -0.2) is 4.21 Å². The van der Waals surface area contributed by atoms with Gasteiger partial charge in [0.2, 0.25) is 0 Å². The van der Waals surface area contributed by atoms with Crippen molar-refractivity contribution >= 4 is 28.4 Å². The number of aromatic nitrogens is 2. The molecule has 11 heteroatoms. The predicted molar refractivity (Wildman–Crippen MR) is 61.8 cm³/mol. The molecule has 0 aliphatic rings. The van der Waals surface area contributed by atoms with Crippen molar-refractivity contribution < 1.29 is 32.1 Å². The van der Waals surface area contributed by atoms with E-state index in [2.05, 4.69) is 15.5 Å². The number of carboxylic acid groups (broad SMARTS) is 1. The summed E-state index contributed by atoms with van der Waals surface area (Å²) in [5.41, 5.74) is -5.66. The van der Waals surface area contributed by atoms with Crippen LogP contribution in [0.1, 0.15) is 23.3 Å². The van der Waals surface area contributed by atoms with Crippen LogP contribution in [0.3, 0.4) is 0 Å². The summed E-state index contributed by atoms with van der Waals surface area (Å²) in [6, 6.07) is 0. The molecule has 0 fully saturated rings. The molecule has 0 saturated heterocycles. The third kappa shape index (κ3) is 3.56. The molecule has 3 N–H and O–H groups in total. The maximum Gasteiger partial charge on any atom is 0.476 e. The van der Waals surface area contributed by atoms with Gasteiger partial charge < -0.3 is 10.4 Å². The van der Waals surface area contributed by atoms with Crippen molar-refractivity contribution in [1.82, 2.24) is 10.2 Å². The van der Waals surface area contributed by atoms with E-state index in [1.165, 1.54) is 7.05 Å². The fraction of sp³-hybridized carbons (Fsp3) is 0.444. The van der Waals surface area contributed by atoms with Crippen molar-refractivity contribution in [2.75, 3.05) is 12.4 Å². The predicted octanol–water partition coefficient (Wildman–Crippen LogP) is 1.13. The zero-order valence-electron chi connectivity index (χ0n) is 10.1. The highest BCUT2D eigenvalue weighted by molar-refractivity contribution is 7.86. The Hall–Kier alpha value is -1.91. The molecule has 1 aromatic heterocycles. The lowest BCUT2D eigenvalue weighted by atomic mass is 10.2. The molecule has 0 radical (unpaired) electrons. The fourth-order valence-corrected chi connectivity index (χ4v) is 2.23. The molecule has 1 rings (SSSR count). The number of H-pyrrole nitrogens is 1. The molecule has 1 unspecified atom stereocenters. The summed E-state index contributed by atoms with van der Waals surface area (Å²) in [4.78, 5) is 21.2. The van der Waals surface area contributed by atoms with Gasteiger partial charge in [-0.1, -0.05) is 0 Å². The maximum absolute atomic E-state index is 12.5. The Balaban J connectivity index is 3.16. The molecule has 0 amide bonds. The number of hydrogen-bond donors (Lipinski definition) is 3. The van der Waals surface area contributed by atoms with Gasteiger partial charge >= 0.3 is 11.5 Å². The van der Waals surface area contributed by atoms with E-state index >= 15 is 0 Å². The van der Waals surface area contributed by atoms with Gasteiger partial charge in [-0.2, -0.15) is 18.3 Å². The van der Waals surface area contributed by atoms with E-state index < -0.39 is 51.5 Å². The Morgan fingerprint density at radius 1 is 1.40 bits per heavy atom. The summed E-state index contributed by atoms with van der Waals surface area (Å²) in [5.74, 6) is -2.56. The second-order valence-corrected chi connectivity index (χ2v) is 4.97. The molecule has 0 spiro atoms. The number of aliphatic carboxylic acids is 1. The van der Waals surface area contributed by atoms with Gasteiger partial charge in [0.05, 0.1) is 6.42 Å². The van der Waals surface area contributed by atoms with Crippen molar-refractivity contribution in [3.05, 3.63) is 5.69 Å². The van der Waals surface area contributed by atoms with E-state index in [9.17, 15) is 27.0 Å². The van der Waals surface area contributed by atoms with Crippen LogP contribution in [0.4, 0.5) is 19.0 Å². The zero-order chi connectivity index (χ0) is 15.5. The number of nitrogens with one attached hydrogen (secondary N) is 2. The highest BCUT2D eigenvalue weighted by atomic mass is 32.2. The number of rotatable bonds is 6. The molecule has 1 aromatic rings. The summed E-state index contributed by atoms with van der Waals surface area (Å²) in [6.07, 6.45) is -1.08. The summed E-state index contributed by atoms with van der Waals surface area (Å²) >= 11 is 0. The Bertz CT molecular complexity index is 555. The Labute approximate surface area is 113 Å². The van der Waals surface area contributed by atoms with E-state index in [4.69, 9.17) is 5.11 Å². The van der Waals surface area contributed by atoms with Crippen LogP contribution < -0.4 is 5.32 Å². The van der Waals surface area contributed by atoms with Gasteiger partial charge in [-0.3, -0.25) is 14.7 Å². The summed E-state index contributed by atoms with van der Waals surface area (Å²) in [6.45, 7) is 0. The Kier molecular flexibility index (Phi) is 4.87. The lowest BCUT2D eigenvalue weighted by Gasteiger charge is -2.07. The van der Waals surface area contributed by atoms with Gasteiger partial charge in [0, 0.05) is 13.5 Å². The van der Waals surface area contributed by atoms with E-state index in [0.717, 1.165) is 0 Å². The summed E-state index contributed by atoms with van der Waals surface area (Å²) in [7, 11) is -2.20. The minimum absolute atomic E-state index is 0.376. The quantitative estimate of drug-likeness (QED) is 0.679. The van der Waals surface area contributed by atoms with E-state index in [0.29, 0.717) is 0 Å². The van der Waals surface area contributed by atoms with Gasteiger partial charge in [-0.15, -0.1) is 0 Å². The molecule has 0 bridgehead atoms. The van der Waals surface area contributed by atoms with Crippen LogP contribution in [-0.4, -0.2) is 43.8 Å². The first-order chi connectivity index (χ1) is 9.18. The monoisotopic (exact) mass is 313 g/mol. The van der Waals surface area contributed by atoms with Gasteiger partial charge in [0.1, 0.15) is 10.6 Å². The molecule has 0 aliphatic heterocycles.